The van der Waals surface area contributed by atoms with Crippen LogP contribution >= 0.6 is 11.6 Å². The van der Waals surface area contributed by atoms with Gasteiger partial charge in [-0.05, 0) is 41.8 Å². The van der Waals surface area contributed by atoms with Crippen LogP contribution in [0, 0.1) is 11.8 Å². The minimum atomic E-state index is -1.12. The fourth-order valence-electron chi connectivity index (χ4n) is 4.76. The van der Waals surface area contributed by atoms with E-state index in [4.69, 9.17) is 30.5 Å². The van der Waals surface area contributed by atoms with Crippen LogP contribution in [0.3, 0.4) is 0 Å². The van der Waals surface area contributed by atoms with Gasteiger partial charge in [-0.15, -0.1) is 0 Å². The smallest absolute Gasteiger partial charge is 0.197 e. The number of aliphatic hydroxyl groups excluding tert-OH is 2. The molecule has 0 bridgehead atoms. The first-order valence-electron chi connectivity index (χ1n) is 11.4. The zero-order chi connectivity index (χ0) is 23.6. The van der Waals surface area contributed by atoms with E-state index in [0.29, 0.717) is 29.7 Å². The van der Waals surface area contributed by atoms with E-state index in [0.717, 1.165) is 29.0 Å². The third-order valence-corrected chi connectivity index (χ3v) is 7.21. The first-order valence-corrected chi connectivity index (χ1v) is 11.8. The molecule has 0 amide bonds. The average molecular weight is 477 g/mol. The second-order valence-electron chi connectivity index (χ2n) is 9.16. The Morgan fingerprint density at radius 1 is 1.15 bits per heavy atom. The van der Waals surface area contributed by atoms with Gasteiger partial charge in [-0.1, -0.05) is 36.7 Å². The van der Waals surface area contributed by atoms with Gasteiger partial charge in [0.15, 0.2) is 5.79 Å². The van der Waals surface area contributed by atoms with E-state index >= 15 is 0 Å². The summed E-state index contributed by atoms with van der Waals surface area (Å²) < 4.78 is 23.2. The van der Waals surface area contributed by atoms with Crippen molar-refractivity contribution in [1.82, 2.24) is 0 Å². The van der Waals surface area contributed by atoms with E-state index in [1.807, 2.05) is 42.5 Å². The predicted octanol–water partition coefficient (Wildman–Crippen LogP) is 3.92. The molecule has 180 valence electrons. The van der Waals surface area contributed by atoms with Crippen molar-refractivity contribution in [1.29, 1.82) is 0 Å². The summed E-state index contributed by atoms with van der Waals surface area (Å²) in [7, 11) is 3.27. The Balaban J connectivity index is 1.48. The van der Waals surface area contributed by atoms with Crippen LogP contribution in [0.2, 0.25) is 5.02 Å². The second-order valence-corrected chi connectivity index (χ2v) is 9.57. The Hall–Kier alpha value is -1.67. The van der Waals surface area contributed by atoms with Gasteiger partial charge < -0.3 is 29.2 Å². The Kier molecular flexibility index (Phi) is 7.63. The Morgan fingerprint density at radius 3 is 2.58 bits per heavy atom. The molecule has 2 aliphatic rings. The van der Waals surface area contributed by atoms with Crippen molar-refractivity contribution in [3.05, 3.63) is 64.2 Å². The summed E-state index contributed by atoms with van der Waals surface area (Å²) in [6.45, 7) is 2.73. The molecule has 2 aromatic carbocycles. The minimum absolute atomic E-state index is 0.178. The molecule has 6 unspecified atom stereocenters. The van der Waals surface area contributed by atoms with Gasteiger partial charge in [0.2, 0.25) is 0 Å². The number of halogens is 1. The molecule has 1 heterocycles. The summed E-state index contributed by atoms with van der Waals surface area (Å²) in [5.41, 5.74) is 2.80. The molecular weight excluding hydrogens is 444 g/mol. The molecule has 1 aliphatic heterocycles. The van der Waals surface area contributed by atoms with Crippen molar-refractivity contribution in [2.24, 2.45) is 11.8 Å². The zero-order valence-electron chi connectivity index (χ0n) is 19.4. The predicted molar refractivity (Wildman–Crippen MR) is 126 cm³/mol. The van der Waals surface area contributed by atoms with Crippen LogP contribution in [0.5, 0.6) is 5.75 Å². The zero-order valence-corrected chi connectivity index (χ0v) is 20.1. The number of aliphatic hydroxyl groups is 2. The standard InChI is InChI=1S/C26H33ClO6/c1-16-23(15-30-2)25(16)32-21-7-4-17(5-8-21)10-18-11-19(6-9-24(18)27)26(31-3)13-20(29)12-22(14-28)33-26/h4-9,11,16,20,22-23,25,28-29H,10,12-15H2,1-3H3. The maximum absolute atomic E-state index is 10.3. The van der Waals surface area contributed by atoms with Gasteiger partial charge in [0.25, 0.3) is 0 Å². The molecule has 0 radical (unpaired) electrons. The number of hydrogen-bond donors (Lipinski definition) is 2. The van der Waals surface area contributed by atoms with E-state index in [-0.39, 0.29) is 19.1 Å². The molecule has 2 aromatic rings. The highest BCUT2D eigenvalue weighted by molar-refractivity contribution is 6.31. The van der Waals surface area contributed by atoms with Crippen LogP contribution in [0.15, 0.2) is 42.5 Å². The third-order valence-electron chi connectivity index (χ3n) is 6.84. The number of ether oxygens (including phenoxy) is 4. The lowest BCUT2D eigenvalue weighted by molar-refractivity contribution is -0.298. The molecule has 1 saturated carbocycles. The van der Waals surface area contributed by atoms with Gasteiger partial charge in [0.1, 0.15) is 11.9 Å². The number of benzene rings is 2. The van der Waals surface area contributed by atoms with Crippen LogP contribution < -0.4 is 4.74 Å². The SMILES string of the molecule is COCC1C(C)C1Oc1ccc(Cc2cc(C3(OC)CC(O)CC(CO)O3)ccc2Cl)cc1. The molecule has 6 nitrogen and oxygen atoms in total. The van der Waals surface area contributed by atoms with Crippen LogP contribution in [-0.4, -0.2) is 56.0 Å². The average Bonchev–Trinajstić information content (AvgIpc) is 3.42. The van der Waals surface area contributed by atoms with Crippen molar-refractivity contribution < 1.29 is 29.2 Å². The molecule has 2 N–H and O–H groups in total. The van der Waals surface area contributed by atoms with Gasteiger partial charge in [0, 0.05) is 49.5 Å². The second kappa shape index (κ2) is 10.3. The molecule has 4 rings (SSSR count). The fourth-order valence-corrected chi connectivity index (χ4v) is 4.94. The van der Waals surface area contributed by atoms with Crippen molar-refractivity contribution in [3.8, 4) is 5.75 Å². The lowest BCUT2D eigenvalue weighted by Gasteiger charge is -2.42. The number of rotatable bonds is 9. The lowest BCUT2D eigenvalue weighted by Crippen LogP contribution is -2.46. The van der Waals surface area contributed by atoms with Gasteiger partial charge >= 0.3 is 0 Å². The van der Waals surface area contributed by atoms with Gasteiger partial charge in [-0.2, -0.15) is 0 Å². The van der Waals surface area contributed by atoms with Crippen LogP contribution in [0.25, 0.3) is 0 Å². The van der Waals surface area contributed by atoms with E-state index in [9.17, 15) is 10.2 Å². The van der Waals surface area contributed by atoms with Crippen molar-refractivity contribution >= 4 is 11.6 Å². The first-order chi connectivity index (χ1) is 15.9. The van der Waals surface area contributed by atoms with Crippen molar-refractivity contribution in [3.63, 3.8) is 0 Å². The van der Waals surface area contributed by atoms with Crippen LogP contribution in [0.1, 0.15) is 36.5 Å². The first kappa shape index (κ1) is 24.5. The van der Waals surface area contributed by atoms with Crippen LogP contribution in [0.4, 0.5) is 0 Å². The van der Waals surface area contributed by atoms with Crippen molar-refractivity contribution in [2.45, 2.75) is 50.3 Å². The Bertz CT molecular complexity index is 935. The molecule has 0 aromatic heterocycles. The van der Waals surface area contributed by atoms with E-state index < -0.39 is 18.0 Å². The summed E-state index contributed by atoms with van der Waals surface area (Å²) in [6.07, 6.45) is 0.392. The van der Waals surface area contributed by atoms with E-state index in [1.54, 1.807) is 14.2 Å². The molecule has 0 spiro atoms. The van der Waals surface area contributed by atoms with E-state index in [1.165, 1.54) is 0 Å². The summed E-state index contributed by atoms with van der Waals surface area (Å²) in [5.74, 6) is 0.689. The van der Waals surface area contributed by atoms with Gasteiger partial charge in [-0.25, -0.2) is 0 Å². The topological polar surface area (TPSA) is 77.4 Å². The van der Waals surface area contributed by atoms with E-state index in [2.05, 4.69) is 6.92 Å². The molecule has 33 heavy (non-hydrogen) atoms. The fraction of sp³-hybridized carbons (Fsp3) is 0.538. The van der Waals surface area contributed by atoms with Gasteiger partial charge in [0.05, 0.1) is 25.4 Å². The lowest BCUT2D eigenvalue weighted by atomic mass is 9.91. The summed E-state index contributed by atoms with van der Waals surface area (Å²) in [5, 5.41) is 20.6. The monoisotopic (exact) mass is 476 g/mol. The largest absolute Gasteiger partial charge is 0.490 e. The van der Waals surface area contributed by atoms with Gasteiger partial charge in [-0.3, -0.25) is 0 Å². The molecule has 6 atom stereocenters. The highest BCUT2D eigenvalue weighted by Gasteiger charge is 2.49. The normalized spacial score (nSPS) is 31.4. The van der Waals surface area contributed by atoms with Crippen molar-refractivity contribution in [2.75, 3.05) is 27.4 Å². The number of hydrogen-bond acceptors (Lipinski definition) is 6. The molecule has 7 heteroatoms. The summed E-state index contributed by atoms with van der Waals surface area (Å²) in [4.78, 5) is 0. The Labute approximate surface area is 200 Å². The highest BCUT2D eigenvalue weighted by atomic mass is 35.5. The number of methoxy groups -OCH3 is 2. The summed E-state index contributed by atoms with van der Waals surface area (Å²) >= 11 is 6.52. The Morgan fingerprint density at radius 2 is 1.91 bits per heavy atom. The van der Waals surface area contributed by atoms with Crippen LogP contribution in [-0.2, 0) is 26.4 Å². The molecule has 1 saturated heterocycles. The molecule has 2 fully saturated rings. The molecular formula is C26H33ClO6. The maximum Gasteiger partial charge on any atom is 0.197 e. The highest BCUT2D eigenvalue weighted by Crippen LogP contribution is 2.42. The minimum Gasteiger partial charge on any atom is -0.490 e. The summed E-state index contributed by atoms with van der Waals surface area (Å²) in [6, 6.07) is 13.7. The third kappa shape index (κ3) is 5.37. The molecule has 1 aliphatic carbocycles. The quantitative estimate of drug-likeness (QED) is 0.571. The maximum atomic E-state index is 10.3.